The minimum atomic E-state index is -0.384. The molecule has 7 heteroatoms. The van der Waals surface area contributed by atoms with Crippen LogP contribution >= 0.6 is 15.9 Å². The summed E-state index contributed by atoms with van der Waals surface area (Å²) in [5.74, 6) is 0.0785. The van der Waals surface area contributed by atoms with Gasteiger partial charge in [0.05, 0.1) is 10.2 Å². The van der Waals surface area contributed by atoms with Gasteiger partial charge in [-0.2, -0.15) is 4.68 Å². The summed E-state index contributed by atoms with van der Waals surface area (Å²) in [4.78, 5) is 0. The predicted octanol–water partition coefficient (Wildman–Crippen LogP) is 2.81. The third-order valence-electron chi connectivity index (χ3n) is 2.82. The Morgan fingerprint density at radius 3 is 2.70 bits per heavy atom. The maximum Gasteiger partial charge on any atom is 0.189 e. The standard InChI is InChI=1S/C13H9BrFN5/c14-10-6-5-8(7-11(10)15)20-13(17-18-19-20)9-3-1-2-4-12(9)16/h1-7H,16H2. The van der Waals surface area contributed by atoms with E-state index in [1.165, 1.54) is 10.7 Å². The first-order valence-electron chi connectivity index (χ1n) is 5.75. The van der Waals surface area contributed by atoms with Crippen molar-refractivity contribution >= 4 is 21.6 Å². The van der Waals surface area contributed by atoms with Crippen molar-refractivity contribution < 1.29 is 4.39 Å². The first-order chi connectivity index (χ1) is 9.66. The fraction of sp³-hybridized carbons (Fsp3) is 0. The normalized spacial score (nSPS) is 10.7. The van der Waals surface area contributed by atoms with Crippen LogP contribution in [0.5, 0.6) is 0 Å². The molecule has 100 valence electrons. The minimum Gasteiger partial charge on any atom is -0.398 e. The molecule has 0 fully saturated rings. The molecular weight excluding hydrogens is 325 g/mol. The Labute approximate surface area is 122 Å². The van der Waals surface area contributed by atoms with E-state index in [0.29, 0.717) is 27.2 Å². The number of nitrogens with two attached hydrogens (primary N) is 1. The number of tetrazole rings is 1. The molecule has 2 N–H and O–H groups in total. The van der Waals surface area contributed by atoms with Crippen molar-refractivity contribution in [1.82, 2.24) is 20.2 Å². The van der Waals surface area contributed by atoms with E-state index in [1.54, 1.807) is 18.2 Å². The van der Waals surface area contributed by atoms with Gasteiger partial charge in [0.2, 0.25) is 0 Å². The molecule has 0 atom stereocenters. The zero-order chi connectivity index (χ0) is 14.1. The van der Waals surface area contributed by atoms with Crippen molar-refractivity contribution in [2.45, 2.75) is 0 Å². The maximum absolute atomic E-state index is 13.6. The summed E-state index contributed by atoms with van der Waals surface area (Å²) in [5, 5.41) is 11.5. The van der Waals surface area contributed by atoms with E-state index < -0.39 is 0 Å². The zero-order valence-corrected chi connectivity index (χ0v) is 11.7. The molecule has 0 saturated heterocycles. The molecular formula is C13H9BrFN5. The first kappa shape index (κ1) is 12.7. The van der Waals surface area contributed by atoms with Crippen LogP contribution in [0.1, 0.15) is 0 Å². The molecule has 0 aliphatic rings. The molecule has 0 aliphatic heterocycles. The van der Waals surface area contributed by atoms with Gasteiger partial charge in [0.25, 0.3) is 0 Å². The molecule has 3 aromatic rings. The van der Waals surface area contributed by atoms with Gasteiger partial charge in [-0.05, 0) is 50.6 Å². The minimum absolute atomic E-state index is 0.384. The fourth-order valence-corrected chi connectivity index (χ4v) is 2.09. The van der Waals surface area contributed by atoms with Gasteiger partial charge >= 0.3 is 0 Å². The van der Waals surface area contributed by atoms with Crippen LogP contribution in [0.4, 0.5) is 10.1 Å². The highest BCUT2D eigenvalue weighted by molar-refractivity contribution is 9.10. The quantitative estimate of drug-likeness (QED) is 0.732. The van der Waals surface area contributed by atoms with Gasteiger partial charge in [-0.25, -0.2) is 4.39 Å². The highest BCUT2D eigenvalue weighted by Crippen LogP contribution is 2.26. The van der Waals surface area contributed by atoms with Gasteiger partial charge in [0.15, 0.2) is 5.82 Å². The van der Waals surface area contributed by atoms with Crippen molar-refractivity contribution in [2.24, 2.45) is 0 Å². The average Bonchev–Trinajstić information content (AvgIpc) is 2.91. The van der Waals surface area contributed by atoms with Crippen LogP contribution in [-0.4, -0.2) is 20.2 Å². The number of nitrogens with zero attached hydrogens (tertiary/aromatic N) is 4. The number of nitrogen functional groups attached to an aromatic ring is 1. The SMILES string of the molecule is Nc1ccccc1-c1nnnn1-c1ccc(Br)c(F)c1. The summed E-state index contributed by atoms with van der Waals surface area (Å²) in [7, 11) is 0. The number of hydrogen-bond acceptors (Lipinski definition) is 4. The Hall–Kier alpha value is -2.28. The molecule has 0 saturated carbocycles. The summed E-state index contributed by atoms with van der Waals surface area (Å²) >= 11 is 3.11. The van der Waals surface area contributed by atoms with E-state index in [9.17, 15) is 4.39 Å². The molecule has 0 aliphatic carbocycles. The summed E-state index contributed by atoms with van der Waals surface area (Å²) in [6.07, 6.45) is 0. The monoisotopic (exact) mass is 333 g/mol. The third-order valence-corrected chi connectivity index (χ3v) is 3.46. The van der Waals surface area contributed by atoms with Crippen molar-refractivity contribution in [3.63, 3.8) is 0 Å². The molecule has 5 nitrogen and oxygen atoms in total. The second-order valence-electron chi connectivity index (χ2n) is 4.10. The second-order valence-corrected chi connectivity index (χ2v) is 4.95. The summed E-state index contributed by atoms with van der Waals surface area (Å²) in [6.45, 7) is 0. The topological polar surface area (TPSA) is 69.6 Å². The van der Waals surface area contributed by atoms with Crippen molar-refractivity contribution in [1.29, 1.82) is 0 Å². The van der Waals surface area contributed by atoms with E-state index >= 15 is 0 Å². The van der Waals surface area contributed by atoms with E-state index in [2.05, 4.69) is 31.5 Å². The Bertz CT molecular complexity index is 771. The van der Waals surface area contributed by atoms with Crippen LogP contribution in [0.3, 0.4) is 0 Å². The predicted molar refractivity (Wildman–Crippen MR) is 76.7 cm³/mol. The lowest BCUT2D eigenvalue weighted by atomic mass is 10.1. The molecule has 2 aromatic carbocycles. The van der Waals surface area contributed by atoms with Gasteiger partial charge in [-0.15, -0.1) is 5.10 Å². The number of anilines is 1. The lowest BCUT2D eigenvalue weighted by Gasteiger charge is -2.07. The Morgan fingerprint density at radius 2 is 1.95 bits per heavy atom. The molecule has 20 heavy (non-hydrogen) atoms. The molecule has 0 unspecified atom stereocenters. The van der Waals surface area contributed by atoms with Gasteiger partial charge in [-0.3, -0.25) is 0 Å². The van der Waals surface area contributed by atoms with E-state index in [0.717, 1.165) is 0 Å². The van der Waals surface area contributed by atoms with Crippen LogP contribution in [0.15, 0.2) is 46.9 Å². The number of aromatic nitrogens is 4. The lowest BCUT2D eigenvalue weighted by molar-refractivity contribution is 0.618. The van der Waals surface area contributed by atoms with E-state index in [4.69, 9.17) is 5.73 Å². The lowest BCUT2D eigenvalue weighted by Crippen LogP contribution is -2.02. The number of rotatable bonds is 2. The van der Waals surface area contributed by atoms with E-state index in [-0.39, 0.29) is 5.82 Å². The highest BCUT2D eigenvalue weighted by atomic mass is 79.9. The van der Waals surface area contributed by atoms with Crippen LogP contribution in [0, 0.1) is 5.82 Å². The van der Waals surface area contributed by atoms with Crippen molar-refractivity contribution in [3.05, 3.63) is 52.8 Å². The number of halogens is 2. The number of para-hydroxylation sites is 1. The van der Waals surface area contributed by atoms with E-state index in [1.807, 2.05) is 18.2 Å². The van der Waals surface area contributed by atoms with Gasteiger partial charge in [0, 0.05) is 17.3 Å². The van der Waals surface area contributed by atoms with Crippen LogP contribution in [-0.2, 0) is 0 Å². The molecule has 1 heterocycles. The molecule has 0 radical (unpaired) electrons. The number of benzene rings is 2. The molecule has 0 spiro atoms. The summed E-state index contributed by atoms with van der Waals surface area (Å²) in [5.41, 5.74) is 7.70. The average molecular weight is 334 g/mol. The Morgan fingerprint density at radius 1 is 1.15 bits per heavy atom. The summed E-state index contributed by atoms with van der Waals surface area (Å²) < 4.78 is 15.5. The van der Waals surface area contributed by atoms with Crippen molar-refractivity contribution in [2.75, 3.05) is 5.73 Å². The molecule has 0 amide bonds. The van der Waals surface area contributed by atoms with Crippen LogP contribution in [0.25, 0.3) is 17.1 Å². The van der Waals surface area contributed by atoms with Gasteiger partial charge in [-0.1, -0.05) is 12.1 Å². The zero-order valence-electron chi connectivity index (χ0n) is 10.2. The van der Waals surface area contributed by atoms with Gasteiger partial charge in [0.1, 0.15) is 5.82 Å². The smallest absolute Gasteiger partial charge is 0.189 e. The second kappa shape index (κ2) is 5.01. The molecule has 3 rings (SSSR count). The first-order valence-corrected chi connectivity index (χ1v) is 6.55. The molecule has 1 aromatic heterocycles. The maximum atomic E-state index is 13.6. The fourth-order valence-electron chi connectivity index (χ4n) is 1.85. The van der Waals surface area contributed by atoms with Crippen LogP contribution in [0.2, 0.25) is 0 Å². The van der Waals surface area contributed by atoms with Crippen LogP contribution < -0.4 is 5.73 Å². The third kappa shape index (κ3) is 2.16. The highest BCUT2D eigenvalue weighted by Gasteiger charge is 2.14. The Balaban J connectivity index is 2.15. The largest absolute Gasteiger partial charge is 0.398 e. The summed E-state index contributed by atoms with van der Waals surface area (Å²) in [6, 6.07) is 11.9. The molecule has 0 bridgehead atoms. The van der Waals surface area contributed by atoms with Gasteiger partial charge < -0.3 is 5.73 Å². The number of hydrogen-bond donors (Lipinski definition) is 1. The van der Waals surface area contributed by atoms with Crippen molar-refractivity contribution in [3.8, 4) is 17.1 Å². The Kier molecular flexibility index (Phi) is 3.19.